The van der Waals surface area contributed by atoms with Crippen LogP contribution >= 0.6 is 0 Å². The molecule has 0 aliphatic heterocycles. The summed E-state index contributed by atoms with van der Waals surface area (Å²) >= 11 is 0. The van der Waals surface area contributed by atoms with Crippen LogP contribution in [0, 0.1) is 5.82 Å². The largest absolute Gasteiger partial charge is 0.388 e. The second-order valence-corrected chi connectivity index (χ2v) is 6.25. The molecule has 2 N–H and O–H groups in total. The Morgan fingerprint density at radius 3 is 2.65 bits per heavy atom. The van der Waals surface area contributed by atoms with Gasteiger partial charge in [-0.1, -0.05) is 25.0 Å². The van der Waals surface area contributed by atoms with Crippen molar-refractivity contribution in [3.05, 3.63) is 35.6 Å². The van der Waals surface area contributed by atoms with Crippen molar-refractivity contribution in [1.82, 2.24) is 5.32 Å². The monoisotopic (exact) mass is 279 g/mol. The molecule has 1 aliphatic rings. The van der Waals surface area contributed by atoms with Crippen LogP contribution in [0.4, 0.5) is 4.39 Å². The first-order chi connectivity index (χ1) is 9.33. The first-order valence-corrected chi connectivity index (χ1v) is 7.10. The summed E-state index contributed by atoms with van der Waals surface area (Å²) in [7, 11) is 0. The van der Waals surface area contributed by atoms with Crippen LogP contribution in [0.5, 0.6) is 0 Å². The lowest BCUT2D eigenvalue weighted by atomic mass is 9.83. The molecule has 0 saturated heterocycles. The summed E-state index contributed by atoms with van der Waals surface area (Å²) in [5.74, 6) is -0.541. The molecule has 0 heterocycles. The average molecular weight is 279 g/mol. The van der Waals surface area contributed by atoms with Gasteiger partial charge in [0.1, 0.15) is 5.82 Å². The average Bonchev–Trinajstić information content (AvgIpc) is 2.83. The molecule has 1 saturated carbocycles. The minimum absolute atomic E-state index is 0.191. The van der Waals surface area contributed by atoms with Gasteiger partial charge in [0, 0.05) is 6.54 Å². The Bertz CT molecular complexity index is 493. The molecule has 1 aromatic carbocycles. The normalized spacial score (nSPS) is 18.0. The van der Waals surface area contributed by atoms with Crippen LogP contribution < -0.4 is 5.32 Å². The predicted molar refractivity (Wildman–Crippen MR) is 75.9 cm³/mol. The molecule has 0 spiro atoms. The third kappa shape index (κ3) is 3.18. The molecule has 0 radical (unpaired) electrons. The first-order valence-electron chi connectivity index (χ1n) is 7.10. The third-order valence-electron chi connectivity index (χ3n) is 4.23. The summed E-state index contributed by atoms with van der Waals surface area (Å²) in [5, 5.41) is 13.1. The maximum absolute atomic E-state index is 13.3. The summed E-state index contributed by atoms with van der Waals surface area (Å²) in [5.41, 5.74) is -0.960. The van der Waals surface area contributed by atoms with E-state index in [9.17, 15) is 14.3 Å². The van der Waals surface area contributed by atoms with Crippen molar-refractivity contribution in [2.24, 2.45) is 0 Å². The van der Waals surface area contributed by atoms with Gasteiger partial charge in [0.15, 0.2) is 0 Å². The molecule has 0 bridgehead atoms. The molecule has 3 nitrogen and oxygen atoms in total. The summed E-state index contributed by atoms with van der Waals surface area (Å²) in [4.78, 5) is 12.3. The molecular weight excluding hydrogens is 257 g/mol. The van der Waals surface area contributed by atoms with E-state index in [1.54, 1.807) is 26.0 Å². The van der Waals surface area contributed by atoms with Gasteiger partial charge in [0.25, 0.3) is 0 Å². The van der Waals surface area contributed by atoms with Crippen LogP contribution in [0.2, 0.25) is 0 Å². The summed E-state index contributed by atoms with van der Waals surface area (Å²) in [6.45, 7) is 3.79. The fraction of sp³-hybridized carbons (Fsp3) is 0.562. The Morgan fingerprint density at radius 1 is 1.40 bits per heavy atom. The van der Waals surface area contributed by atoms with E-state index in [4.69, 9.17) is 0 Å². The smallest absolute Gasteiger partial charge is 0.230 e. The highest BCUT2D eigenvalue weighted by Gasteiger charge is 2.35. The van der Waals surface area contributed by atoms with E-state index in [0.29, 0.717) is 5.56 Å². The van der Waals surface area contributed by atoms with E-state index < -0.39 is 11.0 Å². The second kappa shape index (κ2) is 5.52. The topological polar surface area (TPSA) is 49.3 Å². The zero-order chi connectivity index (χ0) is 14.8. The van der Waals surface area contributed by atoms with E-state index in [1.165, 1.54) is 12.1 Å². The fourth-order valence-corrected chi connectivity index (χ4v) is 2.68. The Kier molecular flexibility index (Phi) is 4.14. The Labute approximate surface area is 119 Å². The van der Waals surface area contributed by atoms with Crippen molar-refractivity contribution in [2.75, 3.05) is 6.54 Å². The molecule has 1 aliphatic carbocycles. The van der Waals surface area contributed by atoms with E-state index in [0.717, 1.165) is 25.7 Å². The van der Waals surface area contributed by atoms with E-state index in [1.807, 2.05) is 0 Å². The van der Waals surface area contributed by atoms with E-state index in [-0.39, 0.29) is 18.3 Å². The number of amides is 1. The molecule has 0 atom stereocenters. The summed E-state index contributed by atoms with van der Waals surface area (Å²) in [6, 6.07) is 6.08. The summed E-state index contributed by atoms with van der Waals surface area (Å²) in [6.07, 6.45) is 3.46. The van der Waals surface area contributed by atoms with Gasteiger partial charge in [-0.2, -0.15) is 0 Å². The van der Waals surface area contributed by atoms with Crippen LogP contribution in [0.1, 0.15) is 45.1 Å². The van der Waals surface area contributed by atoms with Crippen LogP contribution in [-0.2, 0) is 10.2 Å². The standard InChI is InChI=1S/C16H22FNO2/c1-15(2,12-6-5-7-13(17)10-12)14(19)18-11-16(20)8-3-4-9-16/h5-7,10,20H,3-4,8-9,11H2,1-2H3,(H,18,19). The Balaban J connectivity index is 2.03. The zero-order valence-corrected chi connectivity index (χ0v) is 12.1. The molecule has 4 heteroatoms. The van der Waals surface area contributed by atoms with Gasteiger partial charge in [-0.15, -0.1) is 0 Å². The lowest BCUT2D eigenvalue weighted by Gasteiger charge is -2.28. The van der Waals surface area contributed by atoms with Crippen LogP contribution in [0.15, 0.2) is 24.3 Å². The van der Waals surface area contributed by atoms with Gasteiger partial charge in [0.05, 0.1) is 11.0 Å². The molecule has 1 amide bonds. The van der Waals surface area contributed by atoms with E-state index in [2.05, 4.69) is 5.32 Å². The van der Waals surface area contributed by atoms with Crippen LogP contribution in [0.3, 0.4) is 0 Å². The number of benzene rings is 1. The second-order valence-electron chi connectivity index (χ2n) is 6.25. The van der Waals surface area contributed by atoms with Crippen LogP contribution in [0.25, 0.3) is 0 Å². The molecule has 1 aromatic rings. The van der Waals surface area contributed by atoms with Crippen molar-refractivity contribution >= 4 is 5.91 Å². The maximum atomic E-state index is 13.3. The van der Waals surface area contributed by atoms with Gasteiger partial charge in [-0.25, -0.2) is 4.39 Å². The third-order valence-corrected chi connectivity index (χ3v) is 4.23. The minimum Gasteiger partial charge on any atom is -0.388 e. The number of hydrogen-bond acceptors (Lipinski definition) is 2. The number of nitrogens with one attached hydrogen (secondary N) is 1. The molecule has 20 heavy (non-hydrogen) atoms. The van der Waals surface area contributed by atoms with Gasteiger partial charge in [-0.3, -0.25) is 4.79 Å². The number of rotatable bonds is 4. The first kappa shape index (κ1) is 15.0. The molecule has 110 valence electrons. The molecule has 0 unspecified atom stereocenters. The maximum Gasteiger partial charge on any atom is 0.230 e. The van der Waals surface area contributed by atoms with Crippen molar-refractivity contribution < 1.29 is 14.3 Å². The number of carbonyl (C=O) groups excluding carboxylic acids is 1. The highest BCUT2D eigenvalue weighted by atomic mass is 19.1. The number of carbonyl (C=O) groups is 1. The lowest BCUT2D eigenvalue weighted by Crippen LogP contribution is -2.47. The zero-order valence-electron chi connectivity index (χ0n) is 12.1. The van der Waals surface area contributed by atoms with Gasteiger partial charge >= 0.3 is 0 Å². The highest BCUT2D eigenvalue weighted by molar-refractivity contribution is 5.87. The minimum atomic E-state index is -0.822. The predicted octanol–water partition coefficient (Wildman–Crippen LogP) is 2.52. The Hall–Kier alpha value is -1.42. The highest BCUT2D eigenvalue weighted by Crippen LogP contribution is 2.29. The SMILES string of the molecule is CC(C)(C(=O)NCC1(O)CCCC1)c1cccc(F)c1. The van der Waals surface area contributed by atoms with Gasteiger partial charge in [0.2, 0.25) is 5.91 Å². The molecular formula is C16H22FNO2. The quantitative estimate of drug-likeness (QED) is 0.889. The lowest BCUT2D eigenvalue weighted by molar-refractivity contribution is -0.126. The van der Waals surface area contributed by atoms with Crippen molar-refractivity contribution in [2.45, 2.75) is 50.5 Å². The molecule has 0 aromatic heterocycles. The van der Waals surface area contributed by atoms with Gasteiger partial charge in [-0.05, 0) is 44.4 Å². The van der Waals surface area contributed by atoms with Crippen molar-refractivity contribution in [1.29, 1.82) is 0 Å². The molecule has 2 rings (SSSR count). The van der Waals surface area contributed by atoms with Crippen molar-refractivity contribution in [3.8, 4) is 0 Å². The van der Waals surface area contributed by atoms with E-state index >= 15 is 0 Å². The summed E-state index contributed by atoms with van der Waals surface area (Å²) < 4.78 is 13.3. The molecule has 1 fully saturated rings. The van der Waals surface area contributed by atoms with Crippen LogP contribution in [-0.4, -0.2) is 23.2 Å². The number of hydrogen-bond donors (Lipinski definition) is 2. The van der Waals surface area contributed by atoms with Crippen molar-refractivity contribution in [3.63, 3.8) is 0 Å². The van der Waals surface area contributed by atoms with Gasteiger partial charge < -0.3 is 10.4 Å². The Morgan fingerprint density at radius 2 is 2.05 bits per heavy atom. The number of halogens is 1. The number of aliphatic hydroxyl groups is 1. The fourth-order valence-electron chi connectivity index (χ4n) is 2.68.